The van der Waals surface area contributed by atoms with Gasteiger partial charge in [0.15, 0.2) is 0 Å². The predicted octanol–water partition coefficient (Wildman–Crippen LogP) is 1.38. The fraction of sp³-hybridized carbons (Fsp3) is 0.800. The summed E-state index contributed by atoms with van der Waals surface area (Å²) in [6, 6.07) is 0. The molecule has 0 bridgehead atoms. The summed E-state index contributed by atoms with van der Waals surface area (Å²) in [5.41, 5.74) is 0.466. The molecule has 0 heterocycles. The van der Waals surface area contributed by atoms with Crippen LogP contribution in [0.15, 0.2) is 0 Å². The van der Waals surface area contributed by atoms with E-state index in [4.69, 9.17) is 0 Å². The zero-order valence-electron chi connectivity index (χ0n) is 4.52. The van der Waals surface area contributed by atoms with Crippen molar-refractivity contribution < 1.29 is 20.6 Å². The van der Waals surface area contributed by atoms with E-state index in [0.29, 0.717) is 5.41 Å². The minimum absolute atomic E-state index is 0.466. The van der Waals surface area contributed by atoms with Gasteiger partial charge in [-0.2, -0.15) is 0 Å². The van der Waals surface area contributed by atoms with Crippen LogP contribution in [0.5, 0.6) is 0 Å². The molecule has 0 radical (unpaired) electrons. The molecule has 0 nitrogen and oxygen atoms in total. The van der Waals surface area contributed by atoms with Gasteiger partial charge in [0.1, 0.15) is 0 Å². The average Bonchev–Trinajstić information content (AvgIpc) is 1.35. The molecule has 0 saturated carbocycles. The van der Waals surface area contributed by atoms with Crippen LogP contribution in [0.25, 0.3) is 0 Å². The molecule has 0 aromatic heterocycles. The van der Waals surface area contributed by atoms with Crippen LogP contribution in [0.4, 0.5) is 0 Å². The van der Waals surface area contributed by atoms with Gasteiger partial charge < -0.3 is 0 Å². The normalized spacial score (nSPS) is 11.0. The van der Waals surface area contributed by atoms with E-state index in [-0.39, 0.29) is 0 Å². The SMILES string of the molecule is CC(C)(C)[CH]=[Ta]. The second-order valence-electron chi connectivity index (χ2n) is 2.50. The van der Waals surface area contributed by atoms with Crippen molar-refractivity contribution in [3.8, 4) is 0 Å². The Bertz CT molecular complexity index is 49.4. The topological polar surface area (TPSA) is 0 Å². The van der Waals surface area contributed by atoms with Crippen LogP contribution in [-0.2, 0) is 20.6 Å². The Labute approximate surface area is 51.4 Å². The van der Waals surface area contributed by atoms with Crippen LogP contribution in [0.1, 0.15) is 20.8 Å². The van der Waals surface area contributed by atoms with Gasteiger partial charge in [-0.15, -0.1) is 0 Å². The van der Waals surface area contributed by atoms with Gasteiger partial charge in [-0.05, 0) is 0 Å². The summed E-state index contributed by atoms with van der Waals surface area (Å²) in [4.78, 5) is 0. The Morgan fingerprint density at radius 1 is 1.33 bits per heavy atom. The molecule has 0 spiro atoms. The van der Waals surface area contributed by atoms with Gasteiger partial charge in [-0.3, -0.25) is 0 Å². The molecule has 0 saturated heterocycles. The molecule has 0 aliphatic rings. The molecule has 0 rings (SSSR count). The van der Waals surface area contributed by atoms with Crippen LogP contribution < -0.4 is 0 Å². The molecule has 0 aromatic rings. The van der Waals surface area contributed by atoms with Crippen LogP contribution in [0.2, 0.25) is 0 Å². The molecule has 0 atom stereocenters. The fourth-order valence-electron chi connectivity index (χ4n) is 0. The standard InChI is InChI=1S/C5H10.Ta/c1-5(2,3)4;/h1H,2-4H3;. The van der Waals surface area contributed by atoms with Crippen LogP contribution >= 0.6 is 0 Å². The zero-order valence-corrected chi connectivity index (χ0v) is 7.74. The van der Waals surface area contributed by atoms with Gasteiger partial charge >= 0.3 is 51.0 Å². The minimum atomic E-state index is 0.466. The van der Waals surface area contributed by atoms with Gasteiger partial charge in [-0.1, -0.05) is 0 Å². The molecular formula is C5H10Ta. The third-order valence-electron chi connectivity index (χ3n) is 0.387. The number of hydrogen-bond donors (Lipinski definition) is 0. The first-order valence-corrected chi connectivity index (χ1v) is 3.90. The molecule has 1 heteroatoms. The average molecular weight is 251 g/mol. The second kappa shape index (κ2) is 2.06. The van der Waals surface area contributed by atoms with E-state index in [2.05, 4.69) is 25.0 Å². The van der Waals surface area contributed by atoms with Gasteiger partial charge in [0, 0.05) is 0 Å². The van der Waals surface area contributed by atoms with E-state index in [1.165, 1.54) is 20.6 Å². The maximum atomic E-state index is 2.30. The van der Waals surface area contributed by atoms with Crippen LogP contribution in [-0.4, -0.2) is 4.23 Å². The summed E-state index contributed by atoms with van der Waals surface area (Å²) in [5.74, 6) is 0. The third-order valence-corrected chi connectivity index (χ3v) is 3.17. The Morgan fingerprint density at radius 2 is 1.50 bits per heavy atom. The van der Waals surface area contributed by atoms with Gasteiger partial charge in [0.2, 0.25) is 0 Å². The molecular weight excluding hydrogens is 241 g/mol. The van der Waals surface area contributed by atoms with Crippen LogP contribution in [0, 0.1) is 5.41 Å². The van der Waals surface area contributed by atoms with Crippen molar-refractivity contribution in [1.82, 2.24) is 0 Å². The Balaban J connectivity index is 3.45. The zero-order chi connectivity index (χ0) is 5.21. The monoisotopic (exact) mass is 251 g/mol. The van der Waals surface area contributed by atoms with Crippen LogP contribution in [0.3, 0.4) is 0 Å². The first kappa shape index (κ1) is 6.61. The maximum absolute atomic E-state index is 2.30. The summed E-state index contributed by atoms with van der Waals surface area (Å²) in [6.45, 7) is 6.65. The molecule has 0 fully saturated rings. The van der Waals surface area contributed by atoms with Crippen molar-refractivity contribution in [2.75, 3.05) is 0 Å². The Kier molecular flexibility index (Phi) is 2.27. The molecule has 0 aliphatic heterocycles. The molecule has 35 valence electrons. The summed E-state index contributed by atoms with van der Waals surface area (Å²) in [7, 11) is 0. The summed E-state index contributed by atoms with van der Waals surface area (Å²) in [5, 5.41) is 0. The first-order chi connectivity index (χ1) is 2.56. The van der Waals surface area contributed by atoms with Gasteiger partial charge in [0.05, 0.1) is 0 Å². The molecule has 6 heavy (non-hydrogen) atoms. The van der Waals surface area contributed by atoms with E-state index in [0.717, 1.165) is 0 Å². The van der Waals surface area contributed by atoms with Crippen molar-refractivity contribution in [1.29, 1.82) is 0 Å². The third kappa shape index (κ3) is 4.61. The summed E-state index contributed by atoms with van der Waals surface area (Å²) < 4.78 is 2.30. The summed E-state index contributed by atoms with van der Waals surface area (Å²) in [6.07, 6.45) is 0. The van der Waals surface area contributed by atoms with E-state index in [1.807, 2.05) is 0 Å². The molecule has 0 aliphatic carbocycles. The summed E-state index contributed by atoms with van der Waals surface area (Å²) >= 11 is 1.40. The van der Waals surface area contributed by atoms with Gasteiger partial charge in [0.25, 0.3) is 0 Å². The quantitative estimate of drug-likeness (QED) is 0.610. The Hall–Kier alpha value is 0.610. The predicted molar refractivity (Wildman–Crippen MR) is 25.5 cm³/mol. The molecule has 0 amide bonds. The van der Waals surface area contributed by atoms with E-state index in [9.17, 15) is 0 Å². The van der Waals surface area contributed by atoms with Crippen molar-refractivity contribution in [3.05, 3.63) is 0 Å². The second-order valence-corrected chi connectivity index (χ2v) is 3.42. The number of hydrogen-bond acceptors (Lipinski definition) is 0. The number of rotatable bonds is 0. The van der Waals surface area contributed by atoms with Crippen molar-refractivity contribution in [2.24, 2.45) is 5.41 Å². The fourth-order valence-corrected chi connectivity index (χ4v) is 0. The first-order valence-electron chi connectivity index (χ1n) is 2.05. The van der Waals surface area contributed by atoms with E-state index < -0.39 is 0 Å². The molecule has 0 unspecified atom stereocenters. The van der Waals surface area contributed by atoms with E-state index in [1.54, 1.807) is 0 Å². The van der Waals surface area contributed by atoms with Gasteiger partial charge in [-0.25, -0.2) is 0 Å². The van der Waals surface area contributed by atoms with Crippen molar-refractivity contribution >= 4 is 4.23 Å². The van der Waals surface area contributed by atoms with Crippen molar-refractivity contribution in [3.63, 3.8) is 0 Å². The molecule has 0 aromatic carbocycles. The Morgan fingerprint density at radius 3 is 1.50 bits per heavy atom. The molecule has 0 N–H and O–H groups in total. The van der Waals surface area contributed by atoms with E-state index >= 15 is 0 Å². The van der Waals surface area contributed by atoms with Crippen molar-refractivity contribution in [2.45, 2.75) is 20.8 Å².